The first-order valence-electron chi connectivity index (χ1n) is 10.8. The number of hydrogen-bond donors (Lipinski definition) is 4. The number of aliphatic hydroxyl groups is 1. The van der Waals surface area contributed by atoms with Gasteiger partial charge in [0.1, 0.15) is 11.9 Å². The van der Waals surface area contributed by atoms with Gasteiger partial charge in [0.15, 0.2) is 0 Å². The summed E-state index contributed by atoms with van der Waals surface area (Å²) >= 11 is 0. The second kappa shape index (κ2) is 9.35. The Hall–Kier alpha value is -3.83. The molecule has 0 spiro atoms. The van der Waals surface area contributed by atoms with Crippen LogP contribution in [0, 0.1) is 28.5 Å². The van der Waals surface area contributed by atoms with Crippen molar-refractivity contribution in [3.05, 3.63) is 59.1 Å². The van der Waals surface area contributed by atoms with E-state index in [4.69, 9.17) is 15.7 Å². The molecule has 1 unspecified atom stereocenters. The SMILES string of the molecule is CC(=N)/C(=C(/C)O)c1ccc2nc(NCC3CCNC3)nc(-c3ccc(C#N)c(F)c3)c2c1. The molecule has 1 atom stereocenters. The molecule has 33 heavy (non-hydrogen) atoms. The number of nitrogens with zero attached hydrogens (tertiary/aromatic N) is 3. The summed E-state index contributed by atoms with van der Waals surface area (Å²) in [5.74, 6) is 0.348. The molecule has 1 saturated heterocycles. The number of aliphatic hydroxyl groups excluding tert-OH is 1. The van der Waals surface area contributed by atoms with Gasteiger partial charge in [-0.25, -0.2) is 14.4 Å². The van der Waals surface area contributed by atoms with E-state index in [1.807, 2.05) is 12.1 Å². The lowest BCUT2D eigenvalue weighted by molar-refractivity contribution is 0.418. The molecular formula is C25H25FN6O. The van der Waals surface area contributed by atoms with E-state index in [9.17, 15) is 9.50 Å². The largest absolute Gasteiger partial charge is 0.512 e. The molecule has 168 valence electrons. The minimum absolute atomic E-state index is 0.0366. The topological polar surface area (TPSA) is 118 Å². The summed E-state index contributed by atoms with van der Waals surface area (Å²) in [6.07, 6.45) is 1.08. The predicted molar refractivity (Wildman–Crippen MR) is 128 cm³/mol. The van der Waals surface area contributed by atoms with Crippen LogP contribution < -0.4 is 10.6 Å². The lowest BCUT2D eigenvalue weighted by atomic mass is 9.97. The van der Waals surface area contributed by atoms with Crippen molar-refractivity contribution in [2.24, 2.45) is 5.92 Å². The van der Waals surface area contributed by atoms with Gasteiger partial charge in [0.25, 0.3) is 0 Å². The van der Waals surface area contributed by atoms with Gasteiger partial charge in [-0.15, -0.1) is 0 Å². The fraction of sp³-hybridized carbons (Fsp3) is 0.280. The van der Waals surface area contributed by atoms with Crippen LogP contribution in [0.3, 0.4) is 0 Å². The number of hydrogen-bond acceptors (Lipinski definition) is 7. The van der Waals surface area contributed by atoms with Gasteiger partial charge in [0.2, 0.25) is 5.95 Å². The molecule has 3 aromatic rings. The molecule has 2 heterocycles. The molecule has 1 aliphatic heterocycles. The van der Waals surface area contributed by atoms with Gasteiger partial charge in [-0.3, -0.25) is 0 Å². The van der Waals surface area contributed by atoms with Crippen LogP contribution in [-0.2, 0) is 0 Å². The van der Waals surface area contributed by atoms with Crippen molar-refractivity contribution in [3.63, 3.8) is 0 Å². The van der Waals surface area contributed by atoms with Crippen molar-refractivity contribution >= 4 is 28.1 Å². The smallest absolute Gasteiger partial charge is 0.223 e. The van der Waals surface area contributed by atoms with Crippen LogP contribution in [0.15, 0.2) is 42.2 Å². The van der Waals surface area contributed by atoms with Gasteiger partial charge < -0.3 is 21.1 Å². The van der Waals surface area contributed by atoms with Gasteiger partial charge >= 0.3 is 0 Å². The van der Waals surface area contributed by atoms with Crippen LogP contribution in [-0.4, -0.2) is 40.4 Å². The second-order valence-electron chi connectivity index (χ2n) is 8.26. The molecule has 4 N–H and O–H groups in total. The summed E-state index contributed by atoms with van der Waals surface area (Å²) in [4.78, 5) is 9.34. The highest BCUT2D eigenvalue weighted by Gasteiger charge is 2.18. The molecule has 0 aliphatic carbocycles. The van der Waals surface area contributed by atoms with E-state index in [-0.39, 0.29) is 17.0 Å². The minimum Gasteiger partial charge on any atom is -0.512 e. The summed E-state index contributed by atoms with van der Waals surface area (Å²) in [6, 6.07) is 11.7. The molecule has 0 radical (unpaired) electrons. The Morgan fingerprint density at radius 2 is 2.09 bits per heavy atom. The third-order valence-corrected chi connectivity index (χ3v) is 5.80. The van der Waals surface area contributed by atoms with E-state index in [0.29, 0.717) is 45.2 Å². The number of benzene rings is 2. The number of halogens is 1. The van der Waals surface area contributed by atoms with Gasteiger partial charge in [0, 0.05) is 28.8 Å². The quantitative estimate of drug-likeness (QED) is 0.324. The number of nitrogens with one attached hydrogen (secondary N) is 3. The van der Waals surface area contributed by atoms with Crippen molar-refractivity contribution in [3.8, 4) is 17.3 Å². The average Bonchev–Trinajstić information content (AvgIpc) is 3.30. The average molecular weight is 445 g/mol. The minimum atomic E-state index is -0.619. The van der Waals surface area contributed by atoms with Crippen LogP contribution >= 0.6 is 0 Å². The summed E-state index contributed by atoms with van der Waals surface area (Å²) in [6.45, 7) is 5.81. The summed E-state index contributed by atoms with van der Waals surface area (Å²) in [5, 5.41) is 34.6. The third kappa shape index (κ3) is 4.69. The number of allylic oxidation sites excluding steroid dienone is 2. The first-order valence-corrected chi connectivity index (χ1v) is 10.8. The molecule has 7 nitrogen and oxygen atoms in total. The lowest BCUT2D eigenvalue weighted by Crippen LogP contribution is -2.18. The number of rotatable bonds is 6. The van der Waals surface area contributed by atoms with E-state index in [1.165, 1.54) is 19.1 Å². The maximum Gasteiger partial charge on any atom is 0.223 e. The Kier molecular flexibility index (Phi) is 6.33. The first-order chi connectivity index (χ1) is 15.9. The lowest BCUT2D eigenvalue weighted by Gasteiger charge is -2.15. The van der Waals surface area contributed by atoms with Crippen molar-refractivity contribution in [2.75, 3.05) is 25.0 Å². The molecule has 4 rings (SSSR count). The van der Waals surface area contributed by atoms with Crippen molar-refractivity contribution in [1.29, 1.82) is 10.7 Å². The molecule has 0 amide bonds. The summed E-state index contributed by atoms with van der Waals surface area (Å²) in [7, 11) is 0. The zero-order chi connectivity index (χ0) is 23.5. The summed E-state index contributed by atoms with van der Waals surface area (Å²) in [5.41, 5.74) is 2.93. The maximum atomic E-state index is 14.5. The first kappa shape index (κ1) is 22.4. The standard InChI is InChI=1S/C25H25FN6O/c1-14(28)23(15(2)33)17-5-6-22-20(9-17)24(18-3-4-19(11-27)21(26)10-18)32-25(31-22)30-13-16-7-8-29-12-16/h3-6,9-10,16,28-29,33H,7-8,12-13H2,1-2H3,(H,30,31,32)/b23-15+,28-14?. The van der Waals surface area contributed by atoms with Crippen molar-refractivity contribution in [1.82, 2.24) is 15.3 Å². The molecule has 1 aliphatic rings. The molecule has 1 fully saturated rings. The van der Waals surface area contributed by atoms with Gasteiger partial charge in [-0.05, 0) is 69.1 Å². The molecule has 0 bridgehead atoms. The molecule has 0 saturated carbocycles. The van der Waals surface area contributed by atoms with Gasteiger partial charge in [0.05, 0.1) is 22.5 Å². The number of fused-ring (bicyclic) bond motifs is 1. The Balaban J connectivity index is 1.86. The Labute approximate surface area is 191 Å². The molecule has 2 aromatic carbocycles. The van der Waals surface area contributed by atoms with Crippen LogP contribution in [0.25, 0.3) is 27.7 Å². The number of anilines is 1. The Bertz CT molecular complexity index is 1300. The van der Waals surface area contributed by atoms with Crippen LogP contribution in [0.5, 0.6) is 0 Å². The van der Waals surface area contributed by atoms with Crippen molar-refractivity contribution < 1.29 is 9.50 Å². The maximum absolute atomic E-state index is 14.5. The Morgan fingerprint density at radius 1 is 1.27 bits per heavy atom. The van der Waals surface area contributed by atoms with E-state index < -0.39 is 5.82 Å². The molecule has 8 heteroatoms. The zero-order valence-corrected chi connectivity index (χ0v) is 18.5. The van der Waals surface area contributed by atoms with Crippen LogP contribution in [0.1, 0.15) is 31.4 Å². The Morgan fingerprint density at radius 3 is 2.73 bits per heavy atom. The van der Waals surface area contributed by atoms with E-state index in [2.05, 4.69) is 15.6 Å². The van der Waals surface area contributed by atoms with Crippen LogP contribution in [0.2, 0.25) is 0 Å². The predicted octanol–water partition coefficient (Wildman–Crippen LogP) is 4.66. The number of aromatic nitrogens is 2. The normalized spacial score (nSPS) is 16.4. The monoisotopic (exact) mass is 444 g/mol. The van der Waals surface area contributed by atoms with Crippen LogP contribution in [0.4, 0.5) is 10.3 Å². The highest BCUT2D eigenvalue weighted by atomic mass is 19.1. The highest BCUT2D eigenvalue weighted by Crippen LogP contribution is 2.32. The van der Waals surface area contributed by atoms with E-state index in [1.54, 1.807) is 25.1 Å². The molecule has 1 aromatic heterocycles. The van der Waals surface area contributed by atoms with Gasteiger partial charge in [-0.2, -0.15) is 5.26 Å². The van der Waals surface area contributed by atoms with E-state index in [0.717, 1.165) is 26.1 Å². The summed E-state index contributed by atoms with van der Waals surface area (Å²) < 4.78 is 14.5. The molecular weight excluding hydrogens is 419 g/mol. The van der Waals surface area contributed by atoms with E-state index >= 15 is 0 Å². The highest BCUT2D eigenvalue weighted by molar-refractivity contribution is 6.22. The fourth-order valence-electron chi connectivity index (χ4n) is 4.16. The third-order valence-electron chi connectivity index (χ3n) is 5.80. The number of nitriles is 1. The fourth-order valence-corrected chi connectivity index (χ4v) is 4.16. The van der Waals surface area contributed by atoms with Crippen molar-refractivity contribution in [2.45, 2.75) is 20.3 Å². The van der Waals surface area contributed by atoms with Gasteiger partial charge in [-0.1, -0.05) is 12.1 Å². The zero-order valence-electron chi connectivity index (χ0n) is 18.5. The second-order valence-corrected chi connectivity index (χ2v) is 8.26.